The Labute approximate surface area is 220 Å². The summed E-state index contributed by atoms with van der Waals surface area (Å²) in [4.78, 5) is 44.9. The number of nitrogens with zero attached hydrogens (tertiary/aromatic N) is 2. The summed E-state index contributed by atoms with van der Waals surface area (Å²) in [6, 6.07) is 23.0. The highest BCUT2D eigenvalue weighted by Gasteiger charge is 2.63. The number of β-lactam (4-membered cyclic amide) rings is 1. The molecule has 0 spiro atoms. The van der Waals surface area contributed by atoms with Crippen LogP contribution in [0.1, 0.15) is 36.3 Å². The minimum atomic E-state index is -0.971. The summed E-state index contributed by atoms with van der Waals surface area (Å²) in [6.45, 7) is 1.68. The average molecular weight is 513 g/mol. The van der Waals surface area contributed by atoms with Gasteiger partial charge in [0.05, 0.1) is 11.7 Å². The van der Waals surface area contributed by atoms with Crippen LogP contribution in [0, 0.1) is 5.41 Å². The predicted molar refractivity (Wildman–Crippen MR) is 139 cm³/mol. The Morgan fingerprint density at radius 1 is 1.08 bits per heavy atom. The van der Waals surface area contributed by atoms with Crippen molar-refractivity contribution in [2.75, 3.05) is 6.61 Å². The summed E-state index contributed by atoms with van der Waals surface area (Å²) < 4.78 is 11.4. The molecule has 2 fully saturated rings. The van der Waals surface area contributed by atoms with E-state index in [0.29, 0.717) is 17.7 Å². The Balaban J connectivity index is 1.47. The van der Waals surface area contributed by atoms with Crippen molar-refractivity contribution in [1.82, 2.24) is 15.3 Å². The molecule has 2 saturated heterocycles. The number of carbonyl (C=O) groups is 3. The van der Waals surface area contributed by atoms with Crippen molar-refractivity contribution in [1.29, 1.82) is 0 Å². The first-order valence-electron chi connectivity index (χ1n) is 12.3. The van der Waals surface area contributed by atoms with E-state index in [1.165, 1.54) is 4.90 Å². The quantitative estimate of drug-likeness (QED) is 0.124. The highest BCUT2D eigenvalue weighted by molar-refractivity contribution is 6.08. The Morgan fingerprint density at radius 3 is 2.29 bits per heavy atom. The zero-order valence-corrected chi connectivity index (χ0v) is 20.8. The third-order valence-electron chi connectivity index (χ3n) is 7.08. The molecule has 0 bridgehead atoms. The van der Waals surface area contributed by atoms with Crippen molar-refractivity contribution in [2.45, 2.75) is 31.5 Å². The van der Waals surface area contributed by atoms with Crippen molar-refractivity contribution in [2.24, 2.45) is 11.3 Å². The van der Waals surface area contributed by atoms with Crippen LogP contribution in [0.5, 0.6) is 0 Å². The maximum Gasteiger partial charge on any atom is 0.421 e. The summed E-state index contributed by atoms with van der Waals surface area (Å²) in [5, 5.41) is 0. The number of nitrogens with one attached hydrogen (secondary N) is 1. The minimum Gasteiger partial charge on any atom is -0.451 e. The van der Waals surface area contributed by atoms with Gasteiger partial charge >= 0.3 is 12.1 Å². The van der Waals surface area contributed by atoms with E-state index >= 15 is 0 Å². The fourth-order valence-electron chi connectivity index (χ4n) is 5.26. The number of amides is 2. The Kier molecular flexibility index (Phi) is 6.93. The maximum absolute atomic E-state index is 13.9. The van der Waals surface area contributed by atoms with Crippen LogP contribution in [-0.4, -0.2) is 46.5 Å². The molecule has 1 aromatic heterocycles. The highest BCUT2D eigenvalue weighted by atomic mass is 16.6. The molecule has 1 unspecified atom stereocenters. The number of pyridine rings is 1. The van der Waals surface area contributed by atoms with Gasteiger partial charge in [0.1, 0.15) is 12.6 Å². The molecule has 2 aromatic carbocycles. The normalized spacial score (nSPS) is 23.1. The van der Waals surface area contributed by atoms with E-state index in [0.717, 1.165) is 11.1 Å². The van der Waals surface area contributed by atoms with Gasteiger partial charge in [0.15, 0.2) is 6.10 Å². The lowest BCUT2D eigenvalue weighted by molar-refractivity contribution is -0.163. The number of carbonyl (C=O) groups excluding carboxylic acids is 3. The molecule has 3 heterocycles. The van der Waals surface area contributed by atoms with Gasteiger partial charge in [-0.3, -0.25) is 15.2 Å². The van der Waals surface area contributed by atoms with E-state index in [1.807, 2.05) is 85.1 Å². The van der Waals surface area contributed by atoms with Crippen LogP contribution < -0.4 is 11.3 Å². The van der Waals surface area contributed by atoms with Gasteiger partial charge in [0.2, 0.25) is 0 Å². The first-order valence-corrected chi connectivity index (χ1v) is 12.3. The molecule has 3 N–H and O–H groups in total. The molecule has 0 saturated carbocycles. The number of hydrazine groups is 1. The second-order valence-corrected chi connectivity index (χ2v) is 9.70. The van der Waals surface area contributed by atoms with Gasteiger partial charge in [-0.25, -0.2) is 15.4 Å². The summed E-state index contributed by atoms with van der Waals surface area (Å²) in [5.74, 6) is 4.34. The molecule has 5 rings (SSSR count). The lowest BCUT2D eigenvalue weighted by Crippen LogP contribution is -2.58. The van der Waals surface area contributed by atoms with Crippen LogP contribution in [0.3, 0.4) is 0 Å². The summed E-state index contributed by atoms with van der Waals surface area (Å²) in [5.41, 5.74) is 3.82. The second-order valence-electron chi connectivity index (χ2n) is 9.70. The molecule has 2 aliphatic heterocycles. The van der Waals surface area contributed by atoms with Gasteiger partial charge in [-0.1, -0.05) is 73.7 Å². The number of hydrogen-bond acceptors (Lipinski definition) is 7. The Morgan fingerprint density at radius 2 is 1.71 bits per heavy atom. The molecule has 3 aromatic rings. The highest BCUT2D eigenvalue weighted by Crippen LogP contribution is 2.50. The molecule has 38 heavy (non-hydrogen) atoms. The van der Waals surface area contributed by atoms with Crippen molar-refractivity contribution < 1.29 is 23.9 Å². The number of aromatic nitrogens is 1. The van der Waals surface area contributed by atoms with E-state index in [1.54, 1.807) is 18.3 Å². The predicted octanol–water partition coefficient (Wildman–Crippen LogP) is 3.39. The summed E-state index contributed by atoms with van der Waals surface area (Å²) in [6.07, 6.45) is 2.28. The van der Waals surface area contributed by atoms with Crippen molar-refractivity contribution >= 4 is 24.0 Å². The van der Waals surface area contributed by atoms with Gasteiger partial charge in [0, 0.05) is 17.2 Å². The lowest BCUT2D eigenvalue weighted by Gasteiger charge is -2.41. The fraction of sp³-hybridized carbons (Fsp3) is 0.241. The van der Waals surface area contributed by atoms with Crippen LogP contribution in [0.4, 0.5) is 4.79 Å². The fourth-order valence-corrected chi connectivity index (χ4v) is 5.26. The molecule has 3 atom stereocenters. The number of fused-ring (bicyclic) bond motifs is 1. The zero-order valence-electron chi connectivity index (χ0n) is 20.8. The standard InChI is InChI=1S/C29H28N4O5/c1-29(18-37-28(36)32-30)17-23-22(16-21-14-8-9-15-31-21)26(34)33(23)25(29)27(35)38-24(19-10-4-2-5-11-19)20-12-6-3-7-13-20/h2-16,23-25H,17-18,30H2,1H3,(H,32,36)/b22-16+/t23?,25-,29-/m0/s1. The molecular weight excluding hydrogens is 484 g/mol. The van der Waals surface area contributed by atoms with Gasteiger partial charge < -0.3 is 14.4 Å². The van der Waals surface area contributed by atoms with Gasteiger partial charge in [-0.05, 0) is 35.8 Å². The molecule has 2 amide bonds. The molecule has 0 aliphatic carbocycles. The van der Waals surface area contributed by atoms with E-state index < -0.39 is 29.6 Å². The first-order chi connectivity index (χ1) is 18.4. The van der Waals surface area contributed by atoms with E-state index in [4.69, 9.17) is 15.3 Å². The number of benzene rings is 2. The maximum atomic E-state index is 13.9. The van der Waals surface area contributed by atoms with Crippen molar-refractivity contribution in [3.8, 4) is 0 Å². The van der Waals surface area contributed by atoms with Crippen LogP contribution in [0.2, 0.25) is 0 Å². The first kappa shape index (κ1) is 25.2. The third-order valence-corrected chi connectivity index (χ3v) is 7.08. The van der Waals surface area contributed by atoms with Gasteiger partial charge in [-0.15, -0.1) is 0 Å². The van der Waals surface area contributed by atoms with Crippen molar-refractivity contribution in [3.63, 3.8) is 0 Å². The topological polar surface area (TPSA) is 124 Å². The average Bonchev–Trinajstić information content (AvgIpc) is 3.24. The molecular formula is C29H28N4O5. The monoisotopic (exact) mass is 512 g/mol. The second kappa shape index (κ2) is 10.5. The number of hydrogen-bond donors (Lipinski definition) is 2. The SMILES string of the molecule is C[C@@]1(COC(=O)NN)CC2/C(=C\c3ccccn3)C(=O)N2[C@H]1C(=O)OC(c1ccccc1)c1ccccc1. The number of esters is 1. The molecule has 9 heteroatoms. The smallest absolute Gasteiger partial charge is 0.421 e. The third kappa shape index (κ3) is 4.76. The largest absolute Gasteiger partial charge is 0.451 e. The Bertz CT molecular complexity index is 1310. The van der Waals surface area contributed by atoms with E-state index in [9.17, 15) is 14.4 Å². The van der Waals surface area contributed by atoms with E-state index in [-0.39, 0.29) is 18.6 Å². The number of ether oxygens (including phenoxy) is 2. The van der Waals surface area contributed by atoms with Crippen LogP contribution in [0.25, 0.3) is 6.08 Å². The van der Waals surface area contributed by atoms with Gasteiger partial charge in [0.25, 0.3) is 5.91 Å². The molecule has 2 aliphatic rings. The van der Waals surface area contributed by atoms with Crippen LogP contribution in [0.15, 0.2) is 90.6 Å². The molecule has 9 nitrogen and oxygen atoms in total. The van der Waals surface area contributed by atoms with Crippen molar-refractivity contribution in [3.05, 3.63) is 107 Å². The molecule has 0 radical (unpaired) electrons. The number of rotatable bonds is 7. The van der Waals surface area contributed by atoms with Gasteiger partial charge in [-0.2, -0.15) is 0 Å². The van der Waals surface area contributed by atoms with E-state index in [2.05, 4.69) is 4.98 Å². The summed E-state index contributed by atoms with van der Waals surface area (Å²) in [7, 11) is 0. The lowest BCUT2D eigenvalue weighted by atomic mass is 9.81. The minimum absolute atomic E-state index is 0.131. The van der Waals surface area contributed by atoms with Crippen LogP contribution >= 0.6 is 0 Å². The Hall–Kier alpha value is -4.50. The number of nitrogens with two attached hydrogens (primary N) is 1. The summed E-state index contributed by atoms with van der Waals surface area (Å²) >= 11 is 0. The zero-order chi connectivity index (χ0) is 26.7. The van der Waals surface area contributed by atoms with Crippen LogP contribution in [-0.2, 0) is 19.1 Å². The molecule has 194 valence electrons.